The minimum absolute atomic E-state index is 0.760. The fourth-order valence-corrected chi connectivity index (χ4v) is 3.90. The summed E-state index contributed by atoms with van der Waals surface area (Å²) < 4.78 is 4.28. The molecule has 142 valence electrons. The van der Waals surface area contributed by atoms with E-state index in [4.69, 9.17) is 5.73 Å². The van der Waals surface area contributed by atoms with E-state index in [0.717, 1.165) is 47.4 Å². The van der Waals surface area contributed by atoms with Crippen LogP contribution in [0.15, 0.2) is 36.4 Å². The molecule has 0 radical (unpaired) electrons. The zero-order valence-corrected chi connectivity index (χ0v) is 17.2. The van der Waals surface area contributed by atoms with Crippen molar-refractivity contribution in [2.24, 2.45) is 0 Å². The van der Waals surface area contributed by atoms with Crippen LogP contribution in [-0.2, 0) is 6.42 Å². The molecule has 0 fully saturated rings. The largest absolute Gasteiger partial charge is 0.398 e. The van der Waals surface area contributed by atoms with Gasteiger partial charge in [-0.15, -0.1) is 0 Å². The number of rotatable bonds is 4. The molecule has 0 spiro atoms. The first kappa shape index (κ1) is 19.2. The monoisotopic (exact) mass is 381 g/mol. The van der Waals surface area contributed by atoms with Gasteiger partial charge in [-0.05, 0) is 55.6 Å². The Kier molecular flexibility index (Phi) is 5.96. The quantitative estimate of drug-likeness (QED) is 0.632. The first-order chi connectivity index (χ1) is 13.1. The van der Waals surface area contributed by atoms with Crippen molar-refractivity contribution < 1.29 is 0 Å². The lowest BCUT2D eigenvalue weighted by molar-refractivity contribution is 0.875. The van der Waals surface area contributed by atoms with E-state index in [1.807, 2.05) is 32.9 Å². The van der Waals surface area contributed by atoms with Crippen molar-refractivity contribution in [1.82, 2.24) is 9.36 Å². The second-order valence-electron chi connectivity index (χ2n) is 6.37. The first-order valence-electron chi connectivity index (χ1n) is 9.39. The lowest BCUT2D eigenvalue weighted by Gasteiger charge is -2.22. The molecule has 0 saturated heterocycles. The van der Waals surface area contributed by atoms with Crippen LogP contribution in [0.5, 0.6) is 0 Å². The van der Waals surface area contributed by atoms with Gasteiger partial charge in [-0.25, -0.2) is 4.98 Å². The van der Waals surface area contributed by atoms with Gasteiger partial charge in [-0.1, -0.05) is 32.0 Å². The van der Waals surface area contributed by atoms with Crippen LogP contribution < -0.4 is 16.0 Å². The molecule has 3 aromatic rings. The van der Waals surface area contributed by atoms with E-state index in [1.54, 1.807) is 0 Å². The van der Waals surface area contributed by atoms with Crippen molar-refractivity contribution in [3.05, 3.63) is 53.3 Å². The van der Waals surface area contributed by atoms with Crippen molar-refractivity contribution in [2.75, 3.05) is 29.2 Å². The summed E-state index contributed by atoms with van der Waals surface area (Å²) in [6.45, 7) is 9.79. The normalized spacial score (nSPS) is 12.4. The summed E-state index contributed by atoms with van der Waals surface area (Å²) in [6.07, 6.45) is 1.01. The summed E-state index contributed by atoms with van der Waals surface area (Å²) >= 11 is 1.44. The molecule has 4 rings (SSSR count). The maximum Gasteiger partial charge on any atom is 0.144 e. The van der Waals surface area contributed by atoms with Gasteiger partial charge < -0.3 is 16.0 Å². The zero-order valence-electron chi connectivity index (χ0n) is 16.4. The number of hydrogen-bond donors (Lipinski definition) is 2. The zero-order chi connectivity index (χ0) is 19.4. The molecule has 0 saturated carbocycles. The van der Waals surface area contributed by atoms with Crippen LogP contribution in [0, 0.1) is 13.8 Å². The molecule has 2 aromatic carbocycles. The fraction of sp³-hybridized carbons (Fsp3) is 0.333. The van der Waals surface area contributed by atoms with Crippen LogP contribution in [0.25, 0.3) is 10.6 Å². The van der Waals surface area contributed by atoms with E-state index < -0.39 is 0 Å². The Bertz CT molecular complexity index is 919. The molecule has 1 aliphatic rings. The van der Waals surface area contributed by atoms with E-state index in [1.165, 1.54) is 28.3 Å². The molecule has 0 aliphatic carbocycles. The number of nitrogens with zero attached hydrogens (tertiary/aromatic N) is 3. The van der Waals surface area contributed by atoms with E-state index in [9.17, 15) is 0 Å². The number of aryl methyl sites for hydroxylation is 2. The van der Waals surface area contributed by atoms with Crippen LogP contribution in [0.3, 0.4) is 0 Å². The highest BCUT2D eigenvalue weighted by molar-refractivity contribution is 7.09. The summed E-state index contributed by atoms with van der Waals surface area (Å²) in [5.41, 5.74) is 12.9. The van der Waals surface area contributed by atoms with E-state index in [2.05, 4.69) is 50.8 Å². The molecule has 27 heavy (non-hydrogen) atoms. The maximum absolute atomic E-state index is 6.09. The fourth-order valence-electron chi connectivity index (χ4n) is 3.23. The summed E-state index contributed by atoms with van der Waals surface area (Å²) in [5.74, 6) is 0.821. The third-order valence-corrected chi connectivity index (χ3v) is 5.49. The standard InChI is InChI=1S/C19H21N5S.C2H6/c1-12-6-7-14(19-22-13(2)23-25-19)10-17(12)21-11-24-9-8-15-16(20)4-3-5-18(15)24;1-2/h3-7,10,21H,8-9,11,20H2,1-2H3;1-2H3. The van der Waals surface area contributed by atoms with Crippen molar-refractivity contribution >= 4 is 28.6 Å². The SMILES string of the molecule is CC.Cc1nsc(-c2ccc(C)c(NCN3CCc4c(N)cccc43)c2)n1. The summed E-state index contributed by atoms with van der Waals surface area (Å²) in [6, 6.07) is 12.5. The van der Waals surface area contributed by atoms with E-state index in [0.29, 0.717) is 0 Å². The highest BCUT2D eigenvalue weighted by Gasteiger charge is 2.20. The molecule has 1 aromatic heterocycles. The molecule has 0 bridgehead atoms. The number of anilines is 3. The lowest BCUT2D eigenvalue weighted by Crippen LogP contribution is -2.27. The third-order valence-electron chi connectivity index (χ3n) is 4.63. The van der Waals surface area contributed by atoms with Gasteiger partial charge in [0, 0.05) is 34.7 Å². The van der Waals surface area contributed by atoms with Gasteiger partial charge in [-0.2, -0.15) is 4.37 Å². The molecular formula is C21H27N5S. The number of hydrogen-bond acceptors (Lipinski definition) is 6. The Balaban J connectivity index is 0.00000102. The molecule has 0 atom stereocenters. The summed E-state index contributed by atoms with van der Waals surface area (Å²) in [5, 5.41) is 4.53. The van der Waals surface area contributed by atoms with Gasteiger partial charge in [0.2, 0.25) is 0 Å². The predicted octanol–water partition coefficient (Wildman–Crippen LogP) is 4.86. The maximum atomic E-state index is 6.09. The number of nitrogens with two attached hydrogens (primary N) is 1. The van der Waals surface area contributed by atoms with E-state index >= 15 is 0 Å². The third kappa shape index (κ3) is 4.06. The molecule has 0 unspecified atom stereocenters. The van der Waals surface area contributed by atoms with Gasteiger partial charge >= 0.3 is 0 Å². The van der Waals surface area contributed by atoms with Crippen LogP contribution >= 0.6 is 11.5 Å². The Morgan fingerprint density at radius 2 is 2.00 bits per heavy atom. The number of aromatic nitrogens is 2. The Morgan fingerprint density at radius 1 is 1.19 bits per heavy atom. The number of fused-ring (bicyclic) bond motifs is 1. The van der Waals surface area contributed by atoms with Crippen molar-refractivity contribution in [2.45, 2.75) is 34.1 Å². The van der Waals surface area contributed by atoms with Gasteiger partial charge in [0.15, 0.2) is 0 Å². The molecule has 3 N–H and O–H groups in total. The van der Waals surface area contributed by atoms with Gasteiger partial charge in [0.25, 0.3) is 0 Å². The highest BCUT2D eigenvalue weighted by Crippen LogP contribution is 2.32. The van der Waals surface area contributed by atoms with Crippen LogP contribution in [0.4, 0.5) is 17.1 Å². The van der Waals surface area contributed by atoms with Crippen LogP contribution in [0.1, 0.15) is 30.8 Å². The average Bonchev–Trinajstić information content (AvgIpc) is 3.30. The van der Waals surface area contributed by atoms with E-state index in [-0.39, 0.29) is 0 Å². The predicted molar refractivity (Wildman–Crippen MR) is 117 cm³/mol. The van der Waals surface area contributed by atoms with Crippen LogP contribution in [0.2, 0.25) is 0 Å². The topological polar surface area (TPSA) is 67.1 Å². The average molecular weight is 382 g/mol. The highest BCUT2D eigenvalue weighted by atomic mass is 32.1. The van der Waals surface area contributed by atoms with Crippen molar-refractivity contribution in [3.63, 3.8) is 0 Å². The Labute approximate surface area is 165 Å². The molecule has 2 heterocycles. The first-order valence-corrected chi connectivity index (χ1v) is 10.2. The second-order valence-corrected chi connectivity index (χ2v) is 7.12. The minimum atomic E-state index is 0.760. The lowest BCUT2D eigenvalue weighted by atomic mass is 10.1. The van der Waals surface area contributed by atoms with Crippen molar-refractivity contribution in [3.8, 4) is 10.6 Å². The van der Waals surface area contributed by atoms with Gasteiger partial charge in [0.1, 0.15) is 10.8 Å². The molecule has 1 aliphatic heterocycles. The summed E-state index contributed by atoms with van der Waals surface area (Å²) in [4.78, 5) is 6.82. The van der Waals surface area contributed by atoms with Gasteiger partial charge in [-0.3, -0.25) is 0 Å². The molecule has 5 nitrogen and oxygen atoms in total. The molecule has 6 heteroatoms. The number of benzene rings is 2. The second kappa shape index (κ2) is 8.39. The number of nitrogens with one attached hydrogen (secondary N) is 1. The van der Waals surface area contributed by atoms with Crippen molar-refractivity contribution in [1.29, 1.82) is 0 Å². The Hall–Kier alpha value is -2.60. The molecule has 0 amide bonds. The van der Waals surface area contributed by atoms with Gasteiger partial charge in [0.05, 0.1) is 6.67 Å². The van der Waals surface area contributed by atoms with Crippen LogP contribution in [-0.4, -0.2) is 22.6 Å². The summed E-state index contributed by atoms with van der Waals surface area (Å²) in [7, 11) is 0. The smallest absolute Gasteiger partial charge is 0.144 e. The molecular weight excluding hydrogens is 354 g/mol. The minimum Gasteiger partial charge on any atom is -0.398 e. The Morgan fingerprint density at radius 3 is 2.74 bits per heavy atom. The number of nitrogen functional groups attached to an aromatic ring is 1.